The molecule has 0 N–H and O–H groups in total. The van der Waals surface area contributed by atoms with Crippen LogP contribution in [0.15, 0.2) is 77.7 Å². The van der Waals surface area contributed by atoms with Crippen molar-refractivity contribution >= 4 is 17.5 Å². The molecule has 4 nitrogen and oxygen atoms in total. The molecule has 0 saturated carbocycles. The third kappa shape index (κ3) is 4.65. The molecule has 2 heterocycles. The van der Waals surface area contributed by atoms with Crippen LogP contribution in [0.5, 0.6) is 0 Å². The van der Waals surface area contributed by atoms with Crippen molar-refractivity contribution in [3.63, 3.8) is 0 Å². The van der Waals surface area contributed by atoms with Crippen molar-refractivity contribution in [2.75, 3.05) is 6.54 Å². The van der Waals surface area contributed by atoms with Crippen LogP contribution in [0.4, 0.5) is 0 Å². The van der Waals surface area contributed by atoms with Crippen LogP contribution in [-0.4, -0.2) is 28.0 Å². The van der Waals surface area contributed by atoms with Gasteiger partial charge in [-0.1, -0.05) is 60.1 Å². The number of carbonyl (C=O) groups excluding carboxylic acids is 1. The van der Waals surface area contributed by atoms with E-state index in [2.05, 4.69) is 24.3 Å². The van der Waals surface area contributed by atoms with Crippen LogP contribution < -0.4 is 5.56 Å². The number of amides is 1. The molecule has 1 aromatic heterocycles. The lowest BCUT2D eigenvalue weighted by Gasteiger charge is -2.25. The highest BCUT2D eigenvalue weighted by Crippen LogP contribution is 2.24. The van der Waals surface area contributed by atoms with E-state index in [9.17, 15) is 9.59 Å². The number of halogens is 1. The number of carbonyl (C=O) groups is 1. The minimum atomic E-state index is -0.145. The van der Waals surface area contributed by atoms with Crippen molar-refractivity contribution in [1.82, 2.24) is 9.47 Å². The van der Waals surface area contributed by atoms with E-state index < -0.39 is 0 Å². The van der Waals surface area contributed by atoms with Crippen LogP contribution >= 0.6 is 11.6 Å². The normalized spacial score (nSPS) is 16.0. The van der Waals surface area contributed by atoms with Crippen molar-refractivity contribution in [2.24, 2.45) is 0 Å². The molecule has 1 saturated heterocycles. The summed E-state index contributed by atoms with van der Waals surface area (Å²) in [6.45, 7) is 1.11. The van der Waals surface area contributed by atoms with Crippen LogP contribution in [0.1, 0.15) is 40.7 Å². The SMILES string of the molecule is O=C(c1ccc(=O)n(Cc2ccccc2Cl)c1)N1CCCC1CCc1ccccc1. The maximum atomic E-state index is 13.2. The smallest absolute Gasteiger partial charge is 0.255 e. The maximum absolute atomic E-state index is 13.2. The molecule has 1 amide bonds. The average Bonchev–Trinajstić information content (AvgIpc) is 3.24. The Labute approximate surface area is 181 Å². The van der Waals surface area contributed by atoms with Crippen molar-refractivity contribution in [3.8, 4) is 0 Å². The summed E-state index contributed by atoms with van der Waals surface area (Å²) in [6, 6.07) is 21.2. The number of likely N-dealkylation sites (tertiary alicyclic amines) is 1. The minimum Gasteiger partial charge on any atom is -0.336 e. The third-order valence-corrected chi connectivity index (χ3v) is 6.14. The molecule has 0 radical (unpaired) electrons. The summed E-state index contributed by atoms with van der Waals surface area (Å²) in [5.41, 5.74) is 2.56. The summed E-state index contributed by atoms with van der Waals surface area (Å²) in [7, 11) is 0. The maximum Gasteiger partial charge on any atom is 0.255 e. The molecule has 0 bridgehead atoms. The van der Waals surface area contributed by atoms with E-state index in [1.165, 1.54) is 11.6 Å². The summed E-state index contributed by atoms with van der Waals surface area (Å²) < 4.78 is 1.56. The number of aromatic nitrogens is 1. The number of pyridine rings is 1. The fraction of sp³-hybridized carbons (Fsp3) is 0.280. The van der Waals surface area contributed by atoms with Crippen LogP contribution in [0.2, 0.25) is 5.02 Å². The highest BCUT2D eigenvalue weighted by Gasteiger charge is 2.29. The van der Waals surface area contributed by atoms with Gasteiger partial charge in [-0.2, -0.15) is 0 Å². The monoisotopic (exact) mass is 420 g/mol. The Kier molecular flexibility index (Phi) is 6.34. The van der Waals surface area contributed by atoms with Gasteiger partial charge in [-0.25, -0.2) is 0 Å². The lowest BCUT2D eigenvalue weighted by Crippen LogP contribution is -2.36. The Hall–Kier alpha value is -2.85. The molecule has 0 spiro atoms. The van der Waals surface area contributed by atoms with Crippen molar-refractivity contribution < 1.29 is 4.79 Å². The lowest BCUT2D eigenvalue weighted by molar-refractivity contribution is 0.0729. The van der Waals surface area contributed by atoms with Gasteiger partial charge >= 0.3 is 0 Å². The first-order chi connectivity index (χ1) is 14.6. The van der Waals surface area contributed by atoms with Gasteiger partial charge in [0.1, 0.15) is 0 Å². The van der Waals surface area contributed by atoms with Gasteiger partial charge in [0.05, 0.1) is 12.1 Å². The first-order valence-corrected chi connectivity index (χ1v) is 10.8. The van der Waals surface area contributed by atoms with Crippen LogP contribution in [0.3, 0.4) is 0 Å². The Morgan fingerprint density at radius 1 is 1.00 bits per heavy atom. The first-order valence-electron chi connectivity index (χ1n) is 10.4. The second kappa shape index (κ2) is 9.31. The molecule has 0 aliphatic carbocycles. The van der Waals surface area contributed by atoms with Gasteiger partial charge < -0.3 is 9.47 Å². The van der Waals surface area contributed by atoms with Crippen molar-refractivity contribution in [3.05, 3.63) is 105 Å². The number of nitrogens with zero attached hydrogens (tertiary/aromatic N) is 2. The van der Waals surface area contributed by atoms with E-state index >= 15 is 0 Å². The Balaban J connectivity index is 1.49. The molecule has 1 atom stereocenters. The van der Waals surface area contributed by atoms with Gasteiger partial charge in [0.2, 0.25) is 0 Å². The second-order valence-electron chi connectivity index (χ2n) is 7.79. The predicted molar refractivity (Wildman–Crippen MR) is 120 cm³/mol. The van der Waals surface area contributed by atoms with E-state index in [1.807, 2.05) is 29.2 Å². The minimum absolute atomic E-state index is 0.00142. The Morgan fingerprint density at radius 3 is 2.57 bits per heavy atom. The van der Waals surface area contributed by atoms with Gasteiger partial charge in [-0.05, 0) is 48.9 Å². The number of hydrogen-bond donors (Lipinski definition) is 0. The molecular weight excluding hydrogens is 396 g/mol. The summed E-state index contributed by atoms with van der Waals surface area (Å²) in [4.78, 5) is 27.6. The number of benzene rings is 2. The average molecular weight is 421 g/mol. The van der Waals surface area contributed by atoms with Gasteiger partial charge in [-0.15, -0.1) is 0 Å². The molecule has 4 rings (SSSR count). The van der Waals surface area contributed by atoms with Gasteiger partial charge in [0.25, 0.3) is 11.5 Å². The molecule has 1 aliphatic heterocycles. The highest BCUT2D eigenvalue weighted by molar-refractivity contribution is 6.31. The summed E-state index contributed by atoms with van der Waals surface area (Å²) in [5, 5.41) is 0.613. The van der Waals surface area contributed by atoms with E-state index in [-0.39, 0.29) is 17.5 Å². The Morgan fingerprint density at radius 2 is 1.77 bits per heavy atom. The zero-order valence-electron chi connectivity index (χ0n) is 16.8. The molecule has 1 aliphatic rings. The number of rotatable bonds is 6. The van der Waals surface area contributed by atoms with E-state index in [0.29, 0.717) is 17.1 Å². The van der Waals surface area contributed by atoms with Crippen LogP contribution in [0.25, 0.3) is 0 Å². The van der Waals surface area contributed by atoms with E-state index in [1.54, 1.807) is 22.9 Å². The molecular formula is C25H25ClN2O2. The lowest BCUT2D eigenvalue weighted by atomic mass is 10.0. The highest BCUT2D eigenvalue weighted by atomic mass is 35.5. The summed E-state index contributed by atoms with van der Waals surface area (Å²) in [6.07, 6.45) is 5.62. The first kappa shape index (κ1) is 20.4. The third-order valence-electron chi connectivity index (χ3n) is 5.78. The molecule has 5 heteroatoms. The van der Waals surface area contributed by atoms with Gasteiger partial charge in [0, 0.05) is 29.9 Å². The van der Waals surface area contributed by atoms with E-state index in [0.717, 1.165) is 37.8 Å². The van der Waals surface area contributed by atoms with Crippen molar-refractivity contribution in [1.29, 1.82) is 0 Å². The Bertz CT molecular complexity index is 1080. The fourth-order valence-electron chi connectivity index (χ4n) is 4.14. The van der Waals surface area contributed by atoms with E-state index in [4.69, 9.17) is 11.6 Å². The topological polar surface area (TPSA) is 42.3 Å². The number of aryl methyl sites for hydroxylation is 1. The van der Waals surface area contributed by atoms with Crippen LogP contribution in [0, 0.1) is 0 Å². The molecule has 1 fully saturated rings. The zero-order valence-corrected chi connectivity index (χ0v) is 17.6. The molecule has 154 valence electrons. The molecule has 30 heavy (non-hydrogen) atoms. The molecule has 1 unspecified atom stereocenters. The van der Waals surface area contributed by atoms with Crippen LogP contribution in [-0.2, 0) is 13.0 Å². The standard InChI is InChI=1S/C25H25ClN2O2/c26-23-11-5-4-9-20(23)17-27-18-21(13-15-24(27)29)25(30)28-16-6-10-22(28)14-12-19-7-2-1-3-8-19/h1-5,7-9,11,13,15,18,22H,6,10,12,14,16-17H2. The van der Waals surface area contributed by atoms with Gasteiger partial charge in [-0.3, -0.25) is 9.59 Å². The number of hydrogen-bond acceptors (Lipinski definition) is 2. The summed E-state index contributed by atoms with van der Waals surface area (Å²) >= 11 is 6.25. The molecule has 2 aromatic carbocycles. The quantitative estimate of drug-likeness (QED) is 0.575. The van der Waals surface area contributed by atoms with Crippen molar-refractivity contribution in [2.45, 2.75) is 38.3 Å². The summed E-state index contributed by atoms with van der Waals surface area (Å²) in [5.74, 6) is -0.00142. The molecule has 3 aromatic rings. The largest absolute Gasteiger partial charge is 0.336 e. The van der Waals surface area contributed by atoms with Gasteiger partial charge in [0.15, 0.2) is 0 Å². The second-order valence-corrected chi connectivity index (χ2v) is 8.20. The predicted octanol–water partition coefficient (Wildman–Crippen LogP) is 4.79. The fourth-order valence-corrected chi connectivity index (χ4v) is 4.33. The zero-order chi connectivity index (χ0) is 20.9.